The molecule has 0 aliphatic heterocycles. The van der Waals surface area contributed by atoms with E-state index >= 15 is 0 Å². The van der Waals surface area contributed by atoms with E-state index in [4.69, 9.17) is 5.73 Å². The van der Waals surface area contributed by atoms with Crippen LogP contribution in [0.5, 0.6) is 0 Å². The van der Waals surface area contributed by atoms with E-state index in [1.165, 1.54) is 10.9 Å². The highest BCUT2D eigenvalue weighted by Gasteiger charge is 2.04. The molecule has 0 unspecified atom stereocenters. The summed E-state index contributed by atoms with van der Waals surface area (Å²) in [4.78, 5) is 6.24. The van der Waals surface area contributed by atoms with E-state index in [0.29, 0.717) is 0 Å². The third kappa shape index (κ3) is 1.92. The summed E-state index contributed by atoms with van der Waals surface area (Å²) in [7, 11) is 4.12. The standard InChI is InChI=1S/C12H15N3/c1-15(2)8-9-3-4-12(13)11-7-14-6-5-10(9)11/h3-7H,8,13H2,1-2H3. The molecule has 0 bridgehead atoms. The second kappa shape index (κ2) is 3.87. The van der Waals surface area contributed by atoms with Gasteiger partial charge < -0.3 is 10.6 Å². The molecule has 1 aromatic heterocycles. The normalized spacial score (nSPS) is 11.1. The number of fused-ring (bicyclic) bond motifs is 1. The van der Waals surface area contributed by atoms with E-state index in [0.717, 1.165) is 17.6 Å². The van der Waals surface area contributed by atoms with Gasteiger partial charge in [0.1, 0.15) is 0 Å². The molecule has 78 valence electrons. The summed E-state index contributed by atoms with van der Waals surface area (Å²) in [5.41, 5.74) is 7.98. The summed E-state index contributed by atoms with van der Waals surface area (Å²) in [6.07, 6.45) is 3.63. The maximum absolute atomic E-state index is 5.90. The minimum Gasteiger partial charge on any atom is -0.398 e. The molecule has 3 nitrogen and oxygen atoms in total. The lowest BCUT2D eigenvalue weighted by molar-refractivity contribution is 0.404. The second-order valence-corrected chi connectivity index (χ2v) is 3.97. The van der Waals surface area contributed by atoms with Crippen molar-refractivity contribution in [2.24, 2.45) is 0 Å². The first kappa shape index (κ1) is 9.93. The Hall–Kier alpha value is -1.61. The first-order valence-corrected chi connectivity index (χ1v) is 4.94. The zero-order valence-electron chi connectivity index (χ0n) is 9.07. The first-order chi connectivity index (χ1) is 7.18. The molecule has 2 rings (SSSR count). The molecule has 3 heteroatoms. The van der Waals surface area contributed by atoms with Gasteiger partial charge in [-0.1, -0.05) is 6.07 Å². The monoisotopic (exact) mass is 201 g/mol. The molecule has 0 fully saturated rings. The summed E-state index contributed by atoms with van der Waals surface area (Å²) < 4.78 is 0. The molecule has 0 saturated heterocycles. The van der Waals surface area contributed by atoms with Gasteiger partial charge in [-0.2, -0.15) is 0 Å². The number of nitrogens with two attached hydrogens (primary N) is 1. The van der Waals surface area contributed by atoms with E-state index in [1.54, 1.807) is 6.20 Å². The molecule has 0 radical (unpaired) electrons. The summed E-state index contributed by atoms with van der Waals surface area (Å²) in [6, 6.07) is 6.05. The Morgan fingerprint density at radius 3 is 2.73 bits per heavy atom. The number of aromatic nitrogens is 1. The molecule has 0 atom stereocenters. The van der Waals surface area contributed by atoms with E-state index in [9.17, 15) is 0 Å². The fraction of sp³-hybridized carbons (Fsp3) is 0.250. The molecule has 0 saturated carbocycles. The number of hydrogen-bond acceptors (Lipinski definition) is 3. The molecule has 1 heterocycles. The first-order valence-electron chi connectivity index (χ1n) is 4.94. The largest absolute Gasteiger partial charge is 0.398 e. The van der Waals surface area contributed by atoms with Gasteiger partial charge in [0.25, 0.3) is 0 Å². The SMILES string of the molecule is CN(C)Cc1ccc(N)c2cnccc12. The predicted molar refractivity (Wildman–Crippen MR) is 63.5 cm³/mol. The lowest BCUT2D eigenvalue weighted by atomic mass is 10.0. The molecule has 0 amide bonds. The van der Waals surface area contributed by atoms with Crippen LogP contribution in [0.4, 0.5) is 5.69 Å². The van der Waals surface area contributed by atoms with Crippen molar-refractivity contribution in [3.63, 3.8) is 0 Å². The number of anilines is 1. The maximum atomic E-state index is 5.90. The number of nitrogen functional groups attached to an aromatic ring is 1. The van der Waals surface area contributed by atoms with Crippen LogP contribution < -0.4 is 5.73 Å². The van der Waals surface area contributed by atoms with Crippen LogP contribution in [0.3, 0.4) is 0 Å². The molecule has 2 aromatic rings. The third-order valence-corrected chi connectivity index (χ3v) is 2.43. The van der Waals surface area contributed by atoms with Crippen molar-refractivity contribution in [1.29, 1.82) is 0 Å². The Morgan fingerprint density at radius 2 is 2.00 bits per heavy atom. The summed E-state index contributed by atoms with van der Waals surface area (Å²) in [5, 5.41) is 2.23. The molecule has 0 spiro atoms. The number of rotatable bonds is 2. The summed E-state index contributed by atoms with van der Waals surface area (Å²) in [6.45, 7) is 0.917. The summed E-state index contributed by atoms with van der Waals surface area (Å²) in [5.74, 6) is 0. The van der Waals surface area contributed by atoms with Crippen molar-refractivity contribution in [2.75, 3.05) is 19.8 Å². The predicted octanol–water partition coefficient (Wildman–Crippen LogP) is 1.88. The Balaban J connectivity index is 2.61. The van der Waals surface area contributed by atoms with Gasteiger partial charge in [-0.3, -0.25) is 4.98 Å². The Morgan fingerprint density at radius 1 is 1.20 bits per heavy atom. The third-order valence-electron chi connectivity index (χ3n) is 2.43. The van der Waals surface area contributed by atoms with Crippen LogP contribution in [-0.4, -0.2) is 24.0 Å². The fourth-order valence-electron chi connectivity index (χ4n) is 1.75. The van der Waals surface area contributed by atoms with Crippen LogP contribution in [0.25, 0.3) is 10.8 Å². The highest BCUT2D eigenvalue weighted by molar-refractivity contribution is 5.94. The van der Waals surface area contributed by atoms with E-state index in [-0.39, 0.29) is 0 Å². The Bertz CT molecular complexity index is 477. The average molecular weight is 201 g/mol. The minimum absolute atomic E-state index is 0.792. The molecule has 2 N–H and O–H groups in total. The minimum atomic E-state index is 0.792. The molecular weight excluding hydrogens is 186 g/mol. The van der Waals surface area contributed by atoms with Crippen LogP contribution in [0.15, 0.2) is 30.6 Å². The lowest BCUT2D eigenvalue weighted by Crippen LogP contribution is -2.11. The van der Waals surface area contributed by atoms with Crippen molar-refractivity contribution in [3.8, 4) is 0 Å². The fourth-order valence-corrected chi connectivity index (χ4v) is 1.75. The molecule has 0 aliphatic carbocycles. The molecule has 15 heavy (non-hydrogen) atoms. The maximum Gasteiger partial charge on any atom is 0.0409 e. The van der Waals surface area contributed by atoms with Crippen molar-refractivity contribution < 1.29 is 0 Å². The van der Waals surface area contributed by atoms with Crippen molar-refractivity contribution in [2.45, 2.75) is 6.54 Å². The zero-order valence-corrected chi connectivity index (χ0v) is 9.07. The highest BCUT2D eigenvalue weighted by Crippen LogP contribution is 2.24. The van der Waals surface area contributed by atoms with E-state index in [2.05, 4.69) is 30.0 Å². The topological polar surface area (TPSA) is 42.1 Å². The zero-order chi connectivity index (χ0) is 10.8. The number of benzene rings is 1. The quantitative estimate of drug-likeness (QED) is 0.754. The lowest BCUT2D eigenvalue weighted by Gasteiger charge is -2.12. The van der Waals surface area contributed by atoms with Gasteiger partial charge >= 0.3 is 0 Å². The average Bonchev–Trinajstić information content (AvgIpc) is 2.22. The van der Waals surface area contributed by atoms with Gasteiger partial charge in [0.05, 0.1) is 0 Å². The Kier molecular flexibility index (Phi) is 2.56. The number of pyridine rings is 1. The number of hydrogen-bond donors (Lipinski definition) is 1. The van der Waals surface area contributed by atoms with Crippen molar-refractivity contribution in [3.05, 3.63) is 36.2 Å². The molecule has 1 aromatic carbocycles. The summed E-state index contributed by atoms with van der Waals surface area (Å²) >= 11 is 0. The van der Waals surface area contributed by atoms with Crippen LogP contribution in [0.2, 0.25) is 0 Å². The van der Waals surface area contributed by atoms with Gasteiger partial charge in [-0.25, -0.2) is 0 Å². The Labute approximate surface area is 89.5 Å². The van der Waals surface area contributed by atoms with Crippen molar-refractivity contribution in [1.82, 2.24) is 9.88 Å². The van der Waals surface area contributed by atoms with Gasteiger partial charge in [0.2, 0.25) is 0 Å². The van der Waals surface area contributed by atoms with Crippen LogP contribution in [0, 0.1) is 0 Å². The smallest absolute Gasteiger partial charge is 0.0409 e. The van der Waals surface area contributed by atoms with Gasteiger partial charge in [-0.05, 0) is 37.2 Å². The van der Waals surface area contributed by atoms with Gasteiger partial charge in [-0.15, -0.1) is 0 Å². The van der Waals surface area contributed by atoms with E-state index in [1.807, 2.05) is 18.3 Å². The van der Waals surface area contributed by atoms with Gasteiger partial charge in [0, 0.05) is 30.0 Å². The van der Waals surface area contributed by atoms with E-state index < -0.39 is 0 Å². The van der Waals surface area contributed by atoms with Crippen LogP contribution in [0.1, 0.15) is 5.56 Å². The molecular formula is C12H15N3. The van der Waals surface area contributed by atoms with Crippen LogP contribution in [-0.2, 0) is 6.54 Å². The van der Waals surface area contributed by atoms with Crippen molar-refractivity contribution >= 4 is 16.5 Å². The highest BCUT2D eigenvalue weighted by atomic mass is 15.0. The molecule has 0 aliphatic rings. The number of nitrogens with zero attached hydrogens (tertiary/aromatic N) is 2. The van der Waals surface area contributed by atoms with Crippen LogP contribution >= 0.6 is 0 Å². The second-order valence-electron chi connectivity index (χ2n) is 3.97. The van der Waals surface area contributed by atoms with Gasteiger partial charge in [0.15, 0.2) is 0 Å².